The van der Waals surface area contributed by atoms with E-state index >= 15 is 4.39 Å². The maximum absolute atomic E-state index is 15.1. The SMILES string of the molecule is CC(NC(=O)c1cc(C#N)cnc1NCc1ccc(-c2cnc3n[nH]c(N)c3c2)cc1F)c1ccc(F)cc1. The van der Waals surface area contributed by atoms with Crippen LogP contribution in [-0.2, 0) is 6.54 Å². The third kappa shape index (κ3) is 5.35. The first-order chi connectivity index (χ1) is 18.8. The lowest BCUT2D eigenvalue weighted by Gasteiger charge is -2.17. The number of nitriles is 1. The van der Waals surface area contributed by atoms with Crippen LogP contribution in [0.5, 0.6) is 0 Å². The number of rotatable bonds is 7. The average molecular weight is 525 g/mol. The zero-order chi connectivity index (χ0) is 27.5. The van der Waals surface area contributed by atoms with Crippen LogP contribution in [0.2, 0.25) is 0 Å². The summed E-state index contributed by atoms with van der Waals surface area (Å²) in [5.41, 5.74) is 9.00. The summed E-state index contributed by atoms with van der Waals surface area (Å²) in [7, 11) is 0. The molecule has 3 heterocycles. The van der Waals surface area contributed by atoms with Crippen LogP contribution in [-0.4, -0.2) is 26.1 Å². The second-order valence-corrected chi connectivity index (χ2v) is 8.87. The molecule has 5 rings (SSSR count). The van der Waals surface area contributed by atoms with Crippen LogP contribution < -0.4 is 16.4 Å². The largest absolute Gasteiger partial charge is 0.384 e. The number of nitrogen functional groups attached to an aromatic ring is 1. The number of hydrogen-bond donors (Lipinski definition) is 4. The summed E-state index contributed by atoms with van der Waals surface area (Å²) in [5.74, 6) is -0.773. The summed E-state index contributed by atoms with van der Waals surface area (Å²) in [6.07, 6.45) is 2.92. The molecule has 11 heteroatoms. The number of carbonyl (C=O) groups is 1. The summed E-state index contributed by atoms with van der Waals surface area (Å²) in [4.78, 5) is 21.5. The molecule has 0 radical (unpaired) electrons. The summed E-state index contributed by atoms with van der Waals surface area (Å²) < 4.78 is 28.3. The van der Waals surface area contributed by atoms with Crippen molar-refractivity contribution in [2.45, 2.75) is 19.5 Å². The number of aromatic nitrogens is 4. The topological polar surface area (TPSA) is 145 Å². The smallest absolute Gasteiger partial charge is 0.255 e. The van der Waals surface area contributed by atoms with Crippen molar-refractivity contribution in [3.63, 3.8) is 0 Å². The zero-order valence-electron chi connectivity index (χ0n) is 20.7. The number of amides is 1. The van der Waals surface area contributed by atoms with E-state index in [2.05, 4.69) is 30.8 Å². The van der Waals surface area contributed by atoms with Gasteiger partial charge in [0.1, 0.15) is 29.3 Å². The van der Waals surface area contributed by atoms with Crippen molar-refractivity contribution in [2.24, 2.45) is 0 Å². The monoisotopic (exact) mass is 524 g/mol. The van der Waals surface area contributed by atoms with Gasteiger partial charge in [-0.05, 0) is 48.4 Å². The molecule has 9 nitrogen and oxygen atoms in total. The van der Waals surface area contributed by atoms with Crippen molar-refractivity contribution in [3.8, 4) is 17.2 Å². The minimum atomic E-state index is -0.490. The first kappa shape index (κ1) is 25.3. The number of fused-ring (bicyclic) bond motifs is 1. The molecular formula is C28H22F2N8O. The van der Waals surface area contributed by atoms with Gasteiger partial charge in [-0.2, -0.15) is 10.4 Å². The highest BCUT2D eigenvalue weighted by Crippen LogP contribution is 2.27. The fourth-order valence-electron chi connectivity index (χ4n) is 4.07. The molecule has 39 heavy (non-hydrogen) atoms. The second-order valence-electron chi connectivity index (χ2n) is 8.87. The number of nitrogens with zero attached hydrogens (tertiary/aromatic N) is 4. The second kappa shape index (κ2) is 10.5. The highest BCUT2D eigenvalue weighted by molar-refractivity contribution is 5.99. The number of aromatic amines is 1. The zero-order valence-corrected chi connectivity index (χ0v) is 20.7. The fourth-order valence-corrected chi connectivity index (χ4v) is 4.07. The Bertz CT molecular complexity index is 1730. The molecule has 0 fully saturated rings. The Kier molecular flexibility index (Phi) is 6.84. The maximum Gasteiger partial charge on any atom is 0.255 e. The van der Waals surface area contributed by atoms with E-state index < -0.39 is 17.8 Å². The molecule has 1 unspecified atom stereocenters. The molecule has 1 atom stereocenters. The highest BCUT2D eigenvalue weighted by Gasteiger charge is 2.18. The maximum atomic E-state index is 15.1. The number of nitrogens with one attached hydrogen (secondary N) is 3. The summed E-state index contributed by atoms with van der Waals surface area (Å²) in [5, 5.41) is 22.4. The van der Waals surface area contributed by atoms with E-state index in [0.717, 1.165) is 0 Å². The quantitative estimate of drug-likeness (QED) is 0.238. The third-order valence-corrected chi connectivity index (χ3v) is 6.25. The minimum absolute atomic E-state index is 0.0325. The number of H-pyrrole nitrogens is 1. The lowest BCUT2D eigenvalue weighted by molar-refractivity contribution is 0.0940. The molecule has 0 bridgehead atoms. The molecule has 0 aliphatic rings. The van der Waals surface area contributed by atoms with Gasteiger partial charge in [0, 0.05) is 30.1 Å². The van der Waals surface area contributed by atoms with Crippen molar-refractivity contribution in [1.82, 2.24) is 25.5 Å². The molecule has 0 aliphatic carbocycles. The van der Waals surface area contributed by atoms with Crippen molar-refractivity contribution in [1.29, 1.82) is 5.26 Å². The van der Waals surface area contributed by atoms with Crippen LogP contribution in [0.1, 0.15) is 40.0 Å². The van der Waals surface area contributed by atoms with E-state index in [4.69, 9.17) is 5.73 Å². The number of carbonyl (C=O) groups excluding carboxylic acids is 1. The van der Waals surface area contributed by atoms with Crippen LogP contribution >= 0.6 is 0 Å². The molecule has 0 saturated heterocycles. The van der Waals surface area contributed by atoms with Crippen molar-refractivity contribution in [2.75, 3.05) is 11.1 Å². The lowest BCUT2D eigenvalue weighted by atomic mass is 10.0. The number of nitrogens with two attached hydrogens (primary N) is 1. The molecule has 5 aromatic rings. The molecule has 3 aromatic heterocycles. The van der Waals surface area contributed by atoms with Gasteiger partial charge in [0.25, 0.3) is 5.91 Å². The average Bonchev–Trinajstić information content (AvgIpc) is 3.32. The predicted molar refractivity (Wildman–Crippen MR) is 142 cm³/mol. The molecule has 0 spiro atoms. The van der Waals surface area contributed by atoms with Crippen LogP contribution in [0, 0.1) is 23.0 Å². The highest BCUT2D eigenvalue weighted by atomic mass is 19.1. The van der Waals surface area contributed by atoms with Crippen LogP contribution in [0.3, 0.4) is 0 Å². The van der Waals surface area contributed by atoms with Crippen LogP contribution in [0.25, 0.3) is 22.2 Å². The van der Waals surface area contributed by atoms with Gasteiger partial charge in [0.15, 0.2) is 5.65 Å². The number of pyridine rings is 2. The molecule has 1 amide bonds. The van der Waals surface area contributed by atoms with Gasteiger partial charge in [0.05, 0.1) is 22.6 Å². The van der Waals surface area contributed by atoms with Gasteiger partial charge < -0.3 is 16.4 Å². The van der Waals surface area contributed by atoms with Crippen LogP contribution in [0.15, 0.2) is 67.0 Å². The van der Waals surface area contributed by atoms with Gasteiger partial charge in [-0.3, -0.25) is 9.89 Å². The number of benzene rings is 2. The van der Waals surface area contributed by atoms with E-state index in [1.165, 1.54) is 30.5 Å². The van der Waals surface area contributed by atoms with E-state index in [1.54, 1.807) is 43.5 Å². The summed E-state index contributed by atoms with van der Waals surface area (Å²) in [6.45, 7) is 1.79. The van der Waals surface area contributed by atoms with Crippen molar-refractivity contribution >= 4 is 28.6 Å². The van der Waals surface area contributed by atoms with E-state index in [1.807, 2.05) is 6.07 Å². The minimum Gasteiger partial charge on any atom is -0.384 e. The van der Waals surface area contributed by atoms with E-state index in [0.29, 0.717) is 39.1 Å². The van der Waals surface area contributed by atoms with Gasteiger partial charge in [-0.15, -0.1) is 0 Å². The van der Waals surface area contributed by atoms with Crippen LogP contribution in [0.4, 0.5) is 20.4 Å². The Morgan fingerprint density at radius 1 is 1.08 bits per heavy atom. The first-order valence-corrected chi connectivity index (χ1v) is 11.9. The van der Waals surface area contributed by atoms with Gasteiger partial charge >= 0.3 is 0 Å². The first-order valence-electron chi connectivity index (χ1n) is 11.9. The fraction of sp³-hybridized carbons (Fsp3) is 0.107. The third-order valence-electron chi connectivity index (χ3n) is 6.25. The van der Waals surface area contributed by atoms with E-state index in [-0.39, 0.29) is 29.3 Å². The number of hydrogen-bond acceptors (Lipinski definition) is 7. The van der Waals surface area contributed by atoms with Gasteiger partial charge in [-0.1, -0.05) is 24.3 Å². The molecular weight excluding hydrogens is 502 g/mol. The number of anilines is 2. The van der Waals surface area contributed by atoms with Crippen molar-refractivity contribution < 1.29 is 13.6 Å². The Morgan fingerprint density at radius 3 is 2.62 bits per heavy atom. The molecule has 2 aromatic carbocycles. The predicted octanol–water partition coefficient (Wildman–Crippen LogP) is 4.86. The Labute approximate surface area is 221 Å². The molecule has 0 aliphatic heterocycles. The van der Waals surface area contributed by atoms with Gasteiger partial charge in [-0.25, -0.2) is 18.7 Å². The molecule has 0 saturated carbocycles. The van der Waals surface area contributed by atoms with Gasteiger partial charge in [0.2, 0.25) is 0 Å². The normalized spacial score (nSPS) is 11.6. The Balaban J connectivity index is 1.34. The summed E-state index contributed by atoms with van der Waals surface area (Å²) in [6, 6.07) is 15.3. The summed E-state index contributed by atoms with van der Waals surface area (Å²) >= 11 is 0. The molecule has 194 valence electrons. The van der Waals surface area contributed by atoms with Crippen molar-refractivity contribution in [3.05, 3.63) is 101 Å². The standard InChI is InChI=1S/C28H22F2N8O/c1-15(17-4-6-21(29)7-5-17)36-28(39)23-8-16(11-31)12-33-26(23)34-13-19-3-2-18(10-24(19)30)20-9-22-25(32)37-38-27(22)35-14-20/h2-10,12,14-15H,13H2,1H3,(H,33,34)(H,36,39)(H3,32,35,37,38). The Morgan fingerprint density at radius 2 is 1.87 bits per heavy atom. The lowest BCUT2D eigenvalue weighted by Crippen LogP contribution is -2.28. The van der Waals surface area contributed by atoms with E-state index in [9.17, 15) is 14.4 Å². The Hall–Kier alpha value is -5.37. The molecule has 5 N–H and O–H groups in total. The number of halogens is 2.